The van der Waals surface area contributed by atoms with Crippen LogP contribution in [-0.2, 0) is 13.0 Å². The van der Waals surface area contributed by atoms with Gasteiger partial charge in [-0.25, -0.2) is 0 Å². The van der Waals surface area contributed by atoms with Crippen molar-refractivity contribution in [1.82, 2.24) is 4.90 Å². The van der Waals surface area contributed by atoms with Gasteiger partial charge in [0.1, 0.15) is 0 Å². The first-order chi connectivity index (χ1) is 13.1. The summed E-state index contributed by atoms with van der Waals surface area (Å²) in [6.45, 7) is 1.28. The Labute approximate surface area is 170 Å². The van der Waals surface area contributed by atoms with E-state index in [-0.39, 0.29) is 11.8 Å². The summed E-state index contributed by atoms with van der Waals surface area (Å²) in [6.07, 6.45) is 0.826. The van der Waals surface area contributed by atoms with Crippen LogP contribution in [0.2, 0.25) is 0 Å². The number of halogens is 1. The Morgan fingerprint density at radius 3 is 2.70 bits per heavy atom. The van der Waals surface area contributed by atoms with Gasteiger partial charge in [-0.05, 0) is 59.3 Å². The van der Waals surface area contributed by atoms with Gasteiger partial charge in [0, 0.05) is 28.8 Å². The lowest BCUT2D eigenvalue weighted by Gasteiger charge is -2.29. The molecule has 2 amide bonds. The predicted molar refractivity (Wildman–Crippen MR) is 111 cm³/mol. The van der Waals surface area contributed by atoms with E-state index in [0.717, 1.165) is 27.0 Å². The zero-order valence-corrected chi connectivity index (χ0v) is 16.8. The lowest BCUT2D eigenvalue weighted by Crippen LogP contribution is -2.35. The molecule has 136 valence electrons. The van der Waals surface area contributed by atoms with Gasteiger partial charge in [-0.1, -0.05) is 34.1 Å². The van der Waals surface area contributed by atoms with Crippen molar-refractivity contribution in [2.75, 3.05) is 11.9 Å². The minimum Gasteiger partial charge on any atom is -0.333 e. The maximum Gasteiger partial charge on any atom is 0.264 e. The second-order valence-corrected chi connectivity index (χ2v) is 8.27. The second kappa shape index (κ2) is 7.66. The Hall–Kier alpha value is -2.44. The van der Waals surface area contributed by atoms with Crippen LogP contribution in [0.15, 0.2) is 64.5 Å². The van der Waals surface area contributed by atoms with Crippen LogP contribution in [0.25, 0.3) is 0 Å². The number of carbonyl (C=O) groups is 2. The molecule has 0 saturated heterocycles. The highest BCUT2D eigenvalue weighted by atomic mass is 79.9. The SMILES string of the molecule is O=C(Nc1ccc2c(c1)CN(C(=O)c1cccs1)CC2)c1cccc(Br)c1. The molecule has 1 aromatic heterocycles. The highest BCUT2D eigenvalue weighted by Crippen LogP contribution is 2.25. The molecular weight excluding hydrogens is 424 g/mol. The van der Waals surface area contributed by atoms with Crippen LogP contribution in [0.5, 0.6) is 0 Å². The molecule has 6 heteroatoms. The van der Waals surface area contributed by atoms with Gasteiger partial charge in [0.25, 0.3) is 11.8 Å². The number of benzene rings is 2. The number of nitrogens with one attached hydrogen (secondary N) is 1. The van der Waals surface area contributed by atoms with Crippen LogP contribution in [0.1, 0.15) is 31.2 Å². The van der Waals surface area contributed by atoms with Crippen molar-refractivity contribution in [2.24, 2.45) is 0 Å². The van der Waals surface area contributed by atoms with Crippen LogP contribution in [-0.4, -0.2) is 23.3 Å². The lowest BCUT2D eigenvalue weighted by molar-refractivity contribution is 0.0739. The first-order valence-electron chi connectivity index (χ1n) is 8.61. The fourth-order valence-electron chi connectivity index (χ4n) is 3.20. The molecule has 0 aliphatic carbocycles. The van der Waals surface area contributed by atoms with Gasteiger partial charge >= 0.3 is 0 Å². The number of anilines is 1. The Balaban J connectivity index is 1.51. The topological polar surface area (TPSA) is 49.4 Å². The predicted octanol–water partition coefficient (Wildman–Crippen LogP) is 4.96. The Morgan fingerprint density at radius 1 is 1.04 bits per heavy atom. The van der Waals surface area contributed by atoms with Crippen LogP contribution < -0.4 is 5.32 Å². The summed E-state index contributed by atoms with van der Waals surface area (Å²) in [6, 6.07) is 17.0. The first kappa shape index (κ1) is 17.9. The Kier molecular flexibility index (Phi) is 5.09. The van der Waals surface area contributed by atoms with Gasteiger partial charge in [-0.2, -0.15) is 0 Å². The summed E-state index contributed by atoms with van der Waals surface area (Å²) < 4.78 is 0.864. The third-order valence-corrected chi connectivity index (χ3v) is 5.93. The number of rotatable bonds is 3. The van der Waals surface area contributed by atoms with E-state index in [0.29, 0.717) is 18.7 Å². The van der Waals surface area contributed by atoms with Crippen LogP contribution in [0, 0.1) is 0 Å². The Bertz CT molecular complexity index is 1000. The molecule has 0 bridgehead atoms. The summed E-state index contributed by atoms with van der Waals surface area (Å²) in [5.74, 6) is -0.0854. The molecule has 0 saturated carbocycles. The van der Waals surface area contributed by atoms with Crippen molar-refractivity contribution >= 4 is 44.8 Å². The number of nitrogens with zero attached hydrogens (tertiary/aromatic N) is 1. The molecule has 3 aromatic rings. The number of amides is 2. The molecule has 1 aliphatic rings. The summed E-state index contributed by atoms with van der Waals surface area (Å²) in [5, 5.41) is 4.86. The van der Waals surface area contributed by atoms with Gasteiger partial charge in [-0.3, -0.25) is 9.59 Å². The van der Waals surface area contributed by atoms with Gasteiger partial charge < -0.3 is 10.2 Å². The standard InChI is InChI=1S/C21H17BrN2O2S/c22-17-4-1-3-15(11-17)20(25)23-18-7-6-14-8-9-24(13-16(14)12-18)21(26)19-5-2-10-27-19/h1-7,10-12H,8-9,13H2,(H,23,25). The number of hydrogen-bond donors (Lipinski definition) is 1. The molecule has 0 spiro atoms. The van der Waals surface area contributed by atoms with Crippen LogP contribution in [0.4, 0.5) is 5.69 Å². The van der Waals surface area contributed by atoms with Crippen molar-refractivity contribution in [1.29, 1.82) is 0 Å². The molecule has 0 radical (unpaired) electrons. The summed E-state index contributed by atoms with van der Waals surface area (Å²) >= 11 is 4.85. The third kappa shape index (κ3) is 3.96. The maximum absolute atomic E-state index is 12.6. The zero-order valence-electron chi connectivity index (χ0n) is 14.4. The van der Waals surface area contributed by atoms with Crippen LogP contribution in [0.3, 0.4) is 0 Å². The molecule has 0 unspecified atom stereocenters. The van der Waals surface area contributed by atoms with Crippen molar-refractivity contribution in [2.45, 2.75) is 13.0 Å². The van der Waals surface area contributed by atoms with E-state index in [2.05, 4.69) is 21.2 Å². The number of thiophene rings is 1. The lowest BCUT2D eigenvalue weighted by atomic mass is 9.98. The molecule has 1 N–H and O–H groups in total. The van der Waals surface area contributed by atoms with Crippen molar-refractivity contribution in [3.63, 3.8) is 0 Å². The summed E-state index contributed by atoms with van der Waals surface area (Å²) in [4.78, 5) is 27.7. The quantitative estimate of drug-likeness (QED) is 0.625. The minimum absolute atomic E-state index is 0.0687. The molecule has 4 nitrogen and oxygen atoms in total. The van der Waals surface area contributed by atoms with Gasteiger partial charge in [0.05, 0.1) is 4.88 Å². The van der Waals surface area contributed by atoms with Crippen molar-refractivity contribution in [3.8, 4) is 0 Å². The summed E-state index contributed by atoms with van der Waals surface area (Å²) in [5.41, 5.74) is 3.64. The normalized spacial score (nSPS) is 13.1. The second-order valence-electron chi connectivity index (χ2n) is 6.40. The van der Waals surface area contributed by atoms with E-state index < -0.39 is 0 Å². The fraction of sp³-hybridized carbons (Fsp3) is 0.143. The highest BCUT2D eigenvalue weighted by molar-refractivity contribution is 9.10. The molecule has 4 rings (SSSR count). The van der Waals surface area contributed by atoms with Crippen molar-refractivity contribution in [3.05, 3.63) is 86.0 Å². The van der Waals surface area contributed by atoms with E-state index in [9.17, 15) is 9.59 Å². The molecular formula is C21H17BrN2O2S. The van der Waals surface area contributed by atoms with E-state index in [1.807, 2.05) is 52.7 Å². The molecule has 1 aliphatic heterocycles. The number of carbonyl (C=O) groups excluding carboxylic acids is 2. The molecule has 2 aromatic carbocycles. The van der Waals surface area contributed by atoms with Gasteiger partial charge in [0.2, 0.25) is 0 Å². The molecule has 2 heterocycles. The monoisotopic (exact) mass is 440 g/mol. The minimum atomic E-state index is -0.154. The highest BCUT2D eigenvalue weighted by Gasteiger charge is 2.22. The van der Waals surface area contributed by atoms with Gasteiger partial charge in [0.15, 0.2) is 0 Å². The van der Waals surface area contributed by atoms with Crippen molar-refractivity contribution < 1.29 is 9.59 Å². The van der Waals surface area contributed by atoms with Crippen LogP contribution >= 0.6 is 27.3 Å². The summed E-state index contributed by atoms with van der Waals surface area (Å²) in [7, 11) is 0. The number of fused-ring (bicyclic) bond motifs is 1. The average molecular weight is 441 g/mol. The Morgan fingerprint density at radius 2 is 1.93 bits per heavy atom. The largest absolute Gasteiger partial charge is 0.333 e. The number of hydrogen-bond acceptors (Lipinski definition) is 3. The smallest absolute Gasteiger partial charge is 0.264 e. The fourth-order valence-corrected chi connectivity index (χ4v) is 4.29. The average Bonchev–Trinajstić information content (AvgIpc) is 3.21. The van der Waals surface area contributed by atoms with Gasteiger partial charge in [-0.15, -0.1) is 11.3 Å². The molecule has 0 fully saturated rings. The first-order valence-corrected chi connectivity index (χ1v) is 10.3. The zero-order chi connectivity index (χ0) is 18.8. The van der Waals surface area contributed by atoms with E-state index in [1.165, 1.54) is 16.9 Å². The maximum atomic E-state index is 12.6. The van der Waals surface area contributed by atoms with E-state index in [4.69, 9.17) is 0 Å². The van der Waals surface area contributed by atoms with E-state index in [1.54, 1.807) is 12.1 Å². The molecule has 27 heavy (non-hydrogen) atoms. The van der Waals surface area contributed by atoms with E-state index >= 15 is 0 Å². The molecule has 0 atom stereocenters. The third-order valence-electron chi connectivity index (χ3n) is 4.58.